The minimum absolute atomic E-state index is 0.272. The van der Waals surface area contributed by atoms with Crippen molar-refractivity contribution in [2.75, 3.05) is 18.6 Å². The Labute approximate surface area is 160 Å². The molecule has 0 N–H and O–H groups in total. The number of ether oxygens (including phenoxy) is 1. The first kappa shape index (κ1) is 17.3. The molecule has 0 radical (unpaired) electrons. The Morgan fingerprint density at radius 3 is 2.56 bits per heavy atom. The lowest BCUT2D eigenvalue weighted by Crippen LogP contribution is -2.31. The fraction of sp³-hybridized carbons (Fsp3) is 0.208. The lowest BCUT2D eigenvalue weighted by molar-refractivity contribution is 0.0600. The van der Waals surface area contributed by atoms with Crippen LogP contribution in [0.1, 0.15) is 27.0 Å². The van der Waals surface area contributed by atoms with Gasteiger partial charge in [0.1, 0.15) is 0 Å². The molecule has 0 unspecified atom stereocenters. The highest BCUT2D eigenvalue weighted by Gasteiger charge is 2.20. The molecule has 0 amide bonds. The number of nitrogens with zero attached hydrogens (tertiary/aromatic N) is 1. The molecular weight excluding hydrogens is 334 g/mol. The zero-order chi connectivity index (χ0) is 18.8. The summed E-state index contributed by atoms with van der Waals surface area (Å²) in [5.74, 6) is -0.272. The summed E-state index contributed by atoms with van der Waals surface area (Å²) in [5, 5.41) is 0. The van der Waals surface area contributed by atoms with Crippen LogP contribution in [-0.4, -0.2) is 19.6 Å². The second-order valence-electron chi connectivity index (χ2n) is 6.96. The van der Waals surface area contributed by atoms with Crippen LogP contribution >= 0.6 is 0 Å². The number of hydrogen-bond donors (Lipinski definition) is 0. The van der Waals surface area contributed by atoms with Gasteiger partial charge in [0.15, 0.2) is 0 Å². The van der Waals surface area contributed by atoms with E-state index in [1.807, 2.05) is 18.2 Å². The van der Waals surface area contributed by atoms with Crippen molar-refractivity contribution in [3.8, 4) is 11.1 Å². The molecule has 0 aromatic heterocycles. The van der Waals surface area contributed by atoms with Gasteiger partial charge in [-0.1, -0.05) is 48.5 Å². The Balaban J connectivity index is 1.64. The zero-order valence-corrected chi connectivity index (χ0v) is 15.7. The second-order valence-corrected chi connectivity index (χ2v) is 6.96. The van der Waals surface area contributed by atoms with Gasteiger partial charge in [-0.05, 0) is 59.4 Å². The summed E-state index contributed by atoms with van der Waals surface area (Å²) in [7, 11) is 1.42. The minimum Gasteiger partial charge on any atom is -0.465 e. The van der Waals surface area contributed by atoms with Crippen LogP contribution in [0.2, 0.25) is 0 Å². The molecule has 0 aliphatic carbocycles. The SMILES string of the molecule is COC(=O)c1ccc2c(c1)CCN(c1cccc(-c3ccccc3)c1C)C2. The summed E-state index contributed by atoms with van der Waals surface area (Å²) >= 11 is 0. The Hall–Kier alpha value is -3.07. The molecule has 27 heavy (non-hydrogen) atoms. The van der Waals surface area contributed by atoms with Crippen molar-refractivity contribution in [3.63, 3.8) is 0 Å². The summed E-state index contributed by atoms with van der Waals surface area (Å²) in [6, 6.07) is 23.0. The van der Waals surface area contributed by atoms with Crippen molar-refractivity contribution in [1.82, 2.24) is 0 Å². The highest BCUT2D eigenvalue weighted by atomic mass is 16.5. The number of anilines is 1. The molecule has 4 rings (SSSR count). The lowest BCUT2D eigenvalue weighted by Gasteiger charge is -2.32. The van der Waals surface area contributed by atoms with Gasteiger partial charge in [-0.15, -0.1) is 0 Å². The normalized spacial score (nSPS) is 13.2. The van der Waals surface area contributed by atoms with E-state index in [2.05, 4.69) is 60.4 Å². The van der Waals surface area contributed by atoms with Crippen LogP contribution < -0.4 is 4.90 Å². The van der Waals surface area contributed by atoms with E-state index in [0.717, 1.165) is 19.5 Å². The van der Waals surface area contributed by atoms with Crippen molar-refractivity contribution < 1.29 is 9.53 Å². The zero-order valence-electron chi connectivity index (χ0n) is 15.7. The number of fused-ring (bicyclic) bond motifs is 1. The topological polar surface area (TPSA) is 29.5 Å². The molecule has 3 aromatic rings. The van der Waals surface area contributed by atoms with Crippen molar-refractivity contribution in [2.24, 2.45) is 0 Å². The van der Waals surface area contributed by atoms with Gasteiger partial charge < -0.3 is 9.64 Å². The van der Waals surface area contributed by atoms with Gasteiger partial charge in [0.25, 0.3) is 0 Å². The second kappa shape index (κ2) is 7.28. The van der Waals surface area contributed by atoms with Gasteiger partial charge in [0.05, 0.1) is 12.7 Å². The van der Waals surface area contributed by atoms with Gasteiger partial charge >= 0.3 is 5.97 Å². The summed E-state index contributed by atoms with van der Waals surface area (Å²) in [5.41, 5.74) is 8.26. The number of esters is 1. The third-order valence-corrected chi connectivity index (χ3v) is 5.37. The standard InChI is InChI=1S/C24H23NO2/c1-17-22(18-7-4-3-5-8-18)9-6-10-23(17)25-14-13-19-15-20(24(26)27-2)11-12-21(19)16-25/h3-12,15H,13-14,16H2,1-2H3. The molecule has 0 atom stereocenters. The first-order valence-corrected chi connectivity index (χ1v) is 9.27. The highest BCUT2D eigenvalue weighted by Crippen LogP contribution is 2.33. The molecule has 1 aliphatic rings. The van der Waals surface area contributed by atoms with Crippen molar-refractivity contribution in [1.29, 1.82) is 0 Å². The number of hydrogen-bond acceptors (Lipinski definition) is 3. The molecule has 0 fully saturated rings. The number of carbonyl (C=O) groups is 1. The lowest BCUT2D eigenvalue weighted by atomic mass is 9.94. The molecule has 136 valence electrons. The molecule has 3 heteroatoms. The van der Waals surface area contributed by atoms with Gasteiger partial charge in [0.2, 0.25) is 0 Å². The third-order valence-electron chi connectivity index (χ3n) is 5.37. The van der Waals surface area contributed by atoms with Crippen LogP contribution in [0.3, 0.4) is 0 Å². The Kier molecular flexibility index (Phi) is 4.68. The van der Waals surface area contributed by atoms with Crippen LogP contribution in [-0.2, 0) is 17.7 Å². The van der Waals surface area contributed by atoms with E-state index in [0.29, 0.717) is 5.56 Å². The van der Waals surface area contributed by atoms with E-state index in [1.165, 1.54) is 40.6 Å². The van der Waals surface area contributed by atoms with E-state index in [1.54, 1.807) is 0 Å². The fourth-order valence-corrected chi connectivity index (χ4v) is 3.90. The van der Waals surface area contributed by atoms with Crippen LogP contribution in [0.25, 0.3) is 11.1 Å². The quantitative estimate of drug-likeness (QED) is 0.617. The van der Waals surface area contributed by atoms with Crippen LogP contribution in [0.15, 0.2) is 66.7 Å². The molecule has 0 spiro atoms. The van der Waals surface area contributed by atoms with E-state index in [4.69, 9.17) is 4.74 Å². The summed E-state index contributed by atoms with van der Waals surface area (Å²) in [4.78, 5) is 14.2. The Morgan fingerprint density at radius 1 is 0.963 bits per heavy atom. The first-order chi connectivity index (χ1) is 13.2. The molecule has 3 aromatic carbocycles. The first-order valence-electron chi connectivity index (χ1n) is 9.27. The number of rotatable bonds is 3. The Morgan fingerprint density at radius 2 is 1.78 bits per heavy atom. The van der Waals surface area contributed by atoms with Crippen LogP contribution in [0, 0.1) is 6.92 Å². The largest absolute Gasteiger partial charge is 0.465 e. The number of benzene rings is 3. The van der Waals surface area contributed by atoms with Crippen molar-refractivity contribution in [3.05, 3.63) is 89.0 Å². The Bertz CT molecular complexity index is 979. The smallest absolute Gasteiger partial charge is 0.337 e. The van der Waals surface area contributed by atoms with E-state index in [9.17, 15) is 4.79 Å². The number of methoxy groups -OCH3 is 1. The van der Waals surface area contributed by atoms with Crippen LogP contribution in [0.5, 0.6) is 0 Å². The van der Waals surface area contributed by atoms with Gasteiger partial charge in [0, 0.05) is 18.8 Å². The maximum absolute atomic E-state index is 11.8. The summed E-state index contributed by atoms with van der Waals surface area (Å²) < 4.78 is 4.84. The highest BCUT2D eigenvalue weighted by molar-refractivity contribution is 5.89. The summed E-state index contributed by atoms with van der Waals surface area (Å²) in [6.45, 7) is 4.00. The molecule has 1 heterocycles. The predicted octanol–water partition coefficient (Wildman–Crippen LogP) is 5.01. The van der Waals surface area contributed by atoms with E-state index in [-0.39, 0.29) is 5.97 Å². The van der Waals surface area contributed by atoms with Gasteiger partial charge in [-0.2, -0.15) is 0 Å². The average Bonchev–Trinajstić information content (AvgIpc) is 2.73. The van der Waals surface area contributed by atoms with E-state index >= 15 is 0 Å². The number of carbonyl (C=O) groups excluding carboxylic acids is 1. The molecule has 0 saturated heterocycles. The predicted molar refractivity (Wildman–Crippen MR) is 109 cm³/mol. The van der Waals surface area contributed by atoms with Crippen LogP contribution in [0.4, 0.5) is 5.69 Å². The molecule has 1 aliphatic heterocycles. The van der Waals surface area contributed by atoms with Crippen molar-refractivity contribution in [2.45, 2.75) is 19.9 Å². The molecule has 0 saturated carbocycles. The maximum atomic E-state index is 11.8. The van der Waals surface area contributed by atoms with Crippen molar-refractivity contribution >= 4 is 11.7 Å². The third kappa shape index (κ3) is 3.33. The molecule has 3 nitrogen and oxygen atoms in total. The average molecular weight is 357 g/mol. The fourth-order valence-electron chi connectivity index (χ4n) is 3.90. The molecular formula is C24H23NO2. The van der Waals surface area contributed by atoms with Gasteiger partial charge in [-0.3, -0.25) is 0 Å². The molecule has 0 bridgehead atoms. The minimum atomic E-state index is -0.272. The maximum Gasteiger partial charge on any atom is 0.337 e. The summed E-state index contributed by atoms with van der Waals surface area (Å²) in [6.07, 6.45) is 0.926. The monoisotopic (exact) mass is 357 g/mol. The van der Waals surface area contributed by atoms with Gasteiger partial charge in [-0.25, -0.2) is 4.79 Å². The van der Waals surface area contributed by atoms with E-state index < -0.39 is 0 Å².